The summed E-state index contributed by atoms with van der Waals surface area (Å²) in [6.07, 6.45) is 7.67. The maximum atomic E-state index is 13.4. The van der Waals surface area contributed by atoms with Gasteiger partial charge in [0, 0.05) is 60.8 Å². The number of fused-ring (bicyclic) bond motifs is 2. The molecule has 2 heterocycles. The van der Waals surface area contributed by atoms with Gasteiger partial charge in [-0.2, -0.15) is 0 Å². The fourth-order valence-electron chi connectivity index (χ4n) is 3.67. The van der Waals surface area contributed by atoms with Crippen LogP contribution in [0.1, 0.15) is 16.8 Å². The van der Waals surface area contributed by atoms with E-state index in [0.29, 0.717) is 38.4 Å². The van der Waals surface area contributed by atoms with Gasteiger partial charge in [0.05, 0.1) is 29.8 Å². The Hall–Kier alpha value is -3.89. The zero-order valence-corrected chi connectivity index (χ0v) is 19.6. The minimum Gasteiger partial charge on any atom is -0.393 e. The van der Waals surface area contributed by atoms with E-state index in [1.165, 1.54) is 6.21 Å². The number of hydrogen-bond donors (Lipinski definition) is 3. The second-order valence-electron chi connectivity index (χ2n) is 7.85. The number of hydrogen-bond acceptors (Lipinski definition) is 7. The number of aromatic nitrogens is 3. The van der Waals surface area contributed by atoms with Crippen LogP contribution in [0.2, 0.25) is 0 Å². The van der Waals surface area contributed by atoms with Gasteiger partial charge in [-0.25, -0.2) is 18.1 Å². The molecule has 3 N–H and O–H groups in total. The summed E-state index contributed by atoms with van der Waals surface area (Å²) in [5.41, 5.74) is 2.72. The molecule has 10 heteroatoms. The molecule has 4 aromatic rings. The van der Waals surface area contributed by atoms with E-state index in [1.807, 2.05) is 0 Å². The van der Waals surface area contributed by atoms with Crippen LogP contribution in [0, 0.1) is 5.41 Å². The summed E-state index contributed by atoms with van der Waals surface area (Å²) in [4.78, 5) is 21.8. The molecule has 0 radical (unpaired) electrons. The van der Waals surface area contributed by atoms with Crippen LogP contribution in [0.4, 0.5) is 0 Å². The Morgan fingerprint density at radius 3 is 2.65 bits per heavy atom. The molecule has 0 saturated carbocycles. The summed E-state index contributed by atoms with van der Waals surface area (Å²) in [5.74, 6) is -0.261. The van der Waals surface area contributed by atoms with Crippen LogP contribution in [-0.4, -0.2) is 36.2 Å². The molecule has 0 aliphatic rings. The van der Waals surface area contributed by atoms with Crippen LogP contribution >= 0.6 is 0 Å². The minimum atomic E-state index is -3.64. The normalized spacial score (nSPS) is 12.2. The Morgan fingerprint density at radius 2 is 1.94 bits per heavy atom. The Kier molecular flexibility index (Phi) is 6.53. The summed E-state index contributed by atoms with van der Waals surface area (Å²) >= 11 is 0. The molecule has 0 saturated heterocycles. The minimum absolute atomic E-state index is 0.128. The van der Waals surface area contributed by atoms with E-state index >= 15 is 0 Å². The summed E-state index contributed by atoms with van der Waals surface area (Å²) in [6.45, 7) is 0.128. The van der Waals surface area contributed by atoms with Crippen molar-refractivity contribution in [3.8, 4) is 0 Å². The van der Waals surface area contributed by atoms with Crippen molar-refractivity contribution in [3.05, 3.63) is 88.4 Å². The molecule has 34 heavy (non-hydrogen) atoms. The van der Waals surface area contributed by atoms with Gasteiger partial charge in [-0.15, -0.1) is 0 Å². The molecule has 0 bridgehead atoms. The van der Waals surface area contributed by atoms with Crippen LogP contribution in [0.3, 0.4) is 0 Å². The Bertz CT molecular complexity index is 1590. The van der Waals surface area contributed by atoms with Crippen LogP contribution in [0.25, 0.3) is 27.2 Å². The first kappa shape index (κ1) is 23.3. The molecule has 0 aliphatic carbocycles. The molecule has 0 aliphatic heterocycles. The summed E-state index contributed by atoms with van der Waals surface area (Å²) in [6, 6.07) is 10.3. The molecule has 0 spiro atoms. The maximum Gasteiger partial charge on any atom is 0.216 e. The maximum absolute atomic E-state index is 13.4. The van der Waals surface area contributed by atoms with Crippen molar-refractivity contribution in [3.63, 3.8) is 0 Å². The first-order valence-electron chi connectivity index (χ1n) is 10.5. The molecule has 0 atom stereocenters. The van der Waals surface area contributed by atoms with Gasteiger partial charge in [0.2, 0.25) is 10.0 Å². The number of sulfonamides is 1. The summed E-state index contributed by atoms with van der Waals surface area (Å²) in [5, 5.41) is 12.0. The molecule has 4 rings (SSSR count). The topological polar surface area (TPSA) is 130 Å². The number of allylic oxidation sites excluding steroid dienone is 1. The lowest BCUT2D eigenvalue weighted by Crippen LogP contribution is -2.25. The van der Waals surface area contributed by atoms with Gasteiger partial charge >= 0.3 is 0 Å². The monoisotopic (exact) mass is 476 g/mol. The SMILES string of the molecule is CN/C=C(\C=N)c1cnc2ccc3ccc(CS(=O)(=O)NCc4cncn4C)cc3c(=O)c2c1. The molecular weight excluding hydrogens is 452 g/mol. The van der Waals surface area contributed by atoms with Gasteiger partial charge in [0.15, 0.2) is 5.43 Å². The molecule has 0 amide bonds. The van der Waals surface area contributed by atoms with Crippen molar-refractivity contribution < 1.29 is 8.42 Å². The number of aryl methyl sites for hydroxylation is 1. The van der Waals surface area contributed by atoms with E-state index < -0.39 is 10.0 Å². The highest BCUT2D eigenvalue weighted by molar-refractivity contribution is 7.88. The third-order valence-electron chi connectivity index (χ3n) is 5.48. The molecule has 2 aromatic heterocycles. The average molecular weight is 477 g/mol. The van der Waals surface area contributed by atoms with Gasteiger partial charge in [0.1, 0.15) is 0 Å². The van der Waals surface area contributed by atoms with E-state index in [4.69, 9.17) is 5.41 Å². The molecule has 174 valence electrons. The second-order valence-corrected chi connectivity index (χ2v) is 9.66. The second kappa shape index (κ2) is 9.54. The fourth-order valence-corrected chi connectivity index (χ4v) is 4.76. The van der Waals surface area contributed by atoms with E-state index in [2.05, 4.69) is 20.0 Å². The third kappa shape index (κ3) is 4.87. The standard InChI is InChI=1S/C24H24N6O3S/c1-26-10-19(9-25)18-8-22-23(28-11-18)6-5-17-4-3-16(7-21(17)24(22)31)14-34(32,33)29-13-20-12-27-15-30(20)2/h3-12,15,25-26,29H,13-14H2,1-2H3/b19-10+,25-9?. The summed E-state index contributed by atoms with van der Waals surface area (Å²) in [7, 11) is -0.121. The van der Waals surface area contributed by atoms with Gasteiger partial charge in [0.25, 0.3) is 0 Å². The van der Waals surface area contributed by atoms with Gasteiger partial charge in [-0.05, 0) is 29.1 Å². The highest BCUT2D eigenvalue weighted by Gasteiger charge is 2.14. The van der Waals surface area contributed by atoms with Crippen molar-refractivity contribution in [1.82, 2.24) is 24.6 Å². The predicted octanol–water partition coefficient (Wildman–Crippen LogP) is 2.31. The first-order valence-corrected chi connectivity index (χ1v) is 12.1. The predicted molar refractivity (Wildman–Crippen MR) is 134 cm³/mol. The third-order valence-corrected chi connectivity index (χ3v) is 6.78. The van der Waals surface area contributed by atoms with Crippen LogP contribution in [0.15, 0.2) is 66.1 Å². The first-order chi connectivity index (χ1) is 16.3. The lowest BCUT2D eigenvalue weighted by molar-refractivity contribution is 0.578. The lowest BCUT2D eigenvalue weighted by Gasteiger charge is -2.08. The summed E-state index contributed by atoms with van der Waals surface area (Å²) < 4.78 is 29.6. The number of rotatable bonds is 8. The van der Waals surface area contributed by atoms with E-state index in [-0.39, 0.29) is 17.7 Å². The Labute approximate surface area is 196 Å². The van der Waals surface area contributed by atoms with Crippen molar-refractivity contribution >= 4 is 43.5 Å². The van der Waals surface area contributed by atoms with Crippen molar-refractivity contribution in [2.45, 2.75) is 12.3 Å². The van der Waals surface area contributed by atoms with Crippen LogP contribution in [0.5, 0.6) is 0 Å². The number of nitrogens with zero attached hydrogens (tertiary/aromatic N) is 3. The molecule has 9 nitrogen and oxygen atoms in total. The van der Waals surface area contributed by atoms with E-state index in [0.717, 1.165) is 5.69 Å². The largest absolute Gasteiger partial charge is 0.393 e. The van der Waals surface area contributed by atoms with Gasteiger partial charge < -0.3 is 15.3 Å². The van der Waals surface area contributed by atoms with Crippen molar-refractivity contribution in [2.75, 3.05) is 7.05 Å². The number of benzene rings is 1. The Balaban J connectivity index is 1.73. The number of pyridine rings is 1. The van der Waals surface area contributed by atoms with Gasteiger partial charge in [-0.1, -0.05) is 18.2 Å². The smallest absolute Gasteiger partial charge is 0.216 e. The highest BCUT2D eigenvalue weighted by atomic mass is 32.2. The van der Waals surface area contributed by atoms with Crippen molar-refractivity contribution in [1.29, 1.82) is 5.41 Å². The van der Waals surface area contributed by atoms with E-state index in [1.54, 1.807) is 80.0 Å². The molecule has 2 aromatic carbocycles. The zero-order chi connectivity index (χ0) is 24.3. The van der Waals surface area contributed by atoms with E-state index in [9.17, 15) is 13.2 Å². The lowest BCUT2D eigenvalue weighted by atomic mass is 10.1. The van der Waals surface area contributed by atoms with Crippen LogP contribution < -0.4 is 15.5 Å². The molecule has 0 unspecified atom stereocenters. The quantitative estimate of drug-likeness (QED) is 0.335. The number of nitrogens with one attached hydrogen (secondary N) is 3. The fraction of sp³-hybridized carbons (Fsp3) is 0.167. The highest BCUT2D eigenvalue weighted by Crippen LogP contribution is 2.20. The van der Waals surface area contributed by atoms with Gasteiger partial charge in [-0.3, -0.25) is 9.78 Å². The zero-order valence-electron chi connectivity index (χ0n) is 18.7. The Morgan fingerprint density at radius 1 is 1.15 bits per heavy atom. The average Bonchev–Trinajstić information content (AvgIpc) is 3.18. The molecule has 0 fully saturated rings. The molecular formula is C24H24N6O3S. The van der Waals surface area contributed by atoms with Crippen molar-refractivity contribution in [2.24, 2.45) is 7.05 Å². The van der Waals surface area contributed by atoms with Crippen LogP contribution in [-0.2, 0) is 29.4 Å². The number of imidazole rings is 1.